The van der Waals surface area contributed by atoms with Gasteiger partial charge in [-0.05, 0) is 10.2 Å². The van der Waals surface area contributed by atoms with Crippen LogP contribution >= 0.6 is 22.6 Å². The Morgan fingerprint density at radius 1 is 1.28 bits per heavy atom. The predicted molar refractivity (Wildman–Crippen MR) is 108 cm³/mol. The van der Waals surface area contributed by atoms with Crippen molar-refractivity contribution in [2.24, 2.45) is 0 Å². The molecular formula is C17H20IN3O8. The zero-order valence-electron chi connectivity index (χ0n) is 18.0. The number of anilines is 1. The first-order valence-corrected chi connectivity index (χ1v) is 9.23. The number of nitrogen functional groups attached to an aromatic ring is 1. The first-order chi connectivity index (χ1) is 15.2. The molecule has 0 radical (unpaired) electrons. The van der Waals surface area contributed by atoms with Gasteiger partial charge >= 0.3 is 23.6 Å². The molecule has 2 N–H and O–H groups in total. The van der Waals surface area contributed by atoms with Gasteiger partial charge in [0.2, 0.25) is 0 Å². The minimum Gasteiger partial charge on any atom is -0.463 e. The highest BCUT2D eigenvalue weighted by molar-refractivity contribution is 14.1. The fraction of sp³-hybridized carbons (Fsp3) is 0.471. The van der Waals surface area contributed by atoms with Crippen molar-refractivity contribution in [2.45, 2.75) is 45.2 Å². The Balaban J connectivity index is 2.51. The molecule has 1 aromatic heterocycles. The summed E-state index contributed by atoms with van der Waals surface area (Å²) >= 11 is 1.93. The molecule has 12 heteroatoms. The summed E-state index contributed by atoms with van der Waals surface area (Å²) in [6.07, 6.45) is -2.53. The lowest BCUT2D eigenvalue weighted by Crippen LogP contribution is -2.42. The minimum atomic E-state index is -1.43. The molecule has 158 valence electrons. The van der Waals surface area contributed by atoms with Gasteiger partial charge in [-0.2, -0.15) is 4.98 Å². The Morgan fingerprint density at radius 3 is 2.55 bits per heavy atom. The van der Waals surface area contributed by atoms with E-state index in [1.165, 1.54) is 6.20 Å². The van der Waals surface area contributed by atoms with Crippen molar-refractivity contribution in [3.8, 4) is 0 Å². The molecule has 11 nitrogen and oxygen atoms in total. The van der Waals surface area contributed by atoms with E-state index < -0.39 is 75.4 Å². The number of hydrogen-bond donors (Lipinski definition) is 1. The Labute approximate surface area is 183 Å². The van der Waals surface area contributed by atoms with E-state index in [-0.39, 0.29) is 5.82 Å². The molecule has 4 atom stereocenters. The lowest BCUT2D eigenvalue weighted by Gasteiger charge is -2.24. The molecule has 1 aliphatic rings. The van der Waals surface area contributed by atoms with Gasteiger partial charge < -0.3 is 24.7 Å². The molecule has 1 aliphatic heterocycles. The van der Waals surface area contributed by atoms with E-state index in [4.69, 9.17) is 28.8 Å². The summed E-state index contributed by atoms with van der Waals surface area (Å²) in [6, 6.07) is 0. The SMILES string of the molecule is [2H]CC(=O)OC[C@H]1OC(n2cc(C=CI)c(N)nc2=O)[C@H](OC(=O)C[2H])[C@H]1OC(=O)C[2H]. The van der Waals surface area contributed by atoms with Gasteiger partial charge in [0.15, 0.2) is 18.4 Å². The van der Waals surface area contributed by atoms with Crippen LogP contribution in [-0.4, -0.2) is 52.4 Å². The van der Waals surface area contributed by atoms with E-state index in [2.05, 4.69) is 4.98 Å². The van der Waals surface area contributed by atoms with Gasteiger partial charge in [0, 0.05) is 36.6 Å². The van der Waals surface area contributed by atoms with Crippen LogP contribution in [0.5, 0.6) is 0 Å². The van der Waals surface area contributed by atoms with Crippen LogP contribution in [0.1, 0.15) is 36.6 Å². The Bertz CT molecular complexity index is 944. The standard InChI is InChI=1S/C17H20IN3O8/c1-8(22)26-7-12-13(27-9(2)23)14(28-10(3)24)16(29-12)21-6-11(4-5-18)15(19)20-17(21)25/h4-6,12-14,16H,7H2,1-3H3,(H2,19,20,25)/t12-,13+,14-,16?/m1/s1/i1D,2D,3D. The van der Waals surface area contributed by atoms with Gasteiger partial charge in [-0.25, -0.2) is 4.79 Å². The number of nitrogens with two attached hydrogens (primary N) is 1. The summed E-state index contributed by atoms with van der Waals surface area (Å²) < 4.78 is 45.1. The van der Waals surface area contributed by atoms with Crippen LogP contribution < -0.4 is 11.4 Å². The number of aromatic nitrogens is 2. The van der Waals surface area contributed by atoms with Crippen LogP contribution in [0.3, 0.4) is 0 Å². The minimum absolute atomic E-state index is 0.0602. The molecule has 0 saturated carbocycles. The Hall–Kier alpha value is -2.48. The predicted octanol–water partition coefficient (Wildman–Crippen LogP) is 0.555. The zero-order valence-corrected chi connectivity index (χ0v) is 17.1. The van der Waals surface area contributed by atoms with E-state index in [1.807, 2.05) is 22.6 Å². The van der Waals surface area contributed by atoms with Crippen LogP contribution in [0.4, 0.5) is 5.82 Å². The maximum Gasteiger partial charge on any atom is 0.351 e. The van der Waals surface area contributed by atoms with Crippen LogP contribution in [0.15, 0.2) is 15.1 Å². The molecule has 1 aromatic rings. The summed E-state index contributed by atoms with van der Waals surface area (Å²) in [5.41, 5.74) is 5.23. The molecule has 0 aromatic carbocycles. The third kappa shape index (κ3) is 5.76. The van der Waals surface area contributed by atoms with Crippen LogP contribution in [0.25, 0.3) is 6.08 Å². The number of hydrogen-bond acceptors (Lipinski definition) is 10. The van der Waals surface area contributed by atoms with E-state index >= 15 is 0 Å². The summed E-state index contributed by atoms with van der Waals surface area (Å²) in [7, 11) is 0. The lowest BCUT2D eigenvalue weighted by atomic mass is 10.1. The summed E-state index contributed by atoms with van der Waals surface area (Å²) in [5, 5.41) is 0. The Morgan fingerprint density at radius 2 is 1.93 bits per heavy atom. The molecule has 0 amide bonds. The average Bonchev–Trinajstić information content (AvgIpc) is 3.10. The van der Waals surface area contributed by atoms with Gasteiger partial charge in [0.25, 0.3) is 0 Å². The van der Waals surface area contributed by atoms with Crippen molar-refractivity contribution in [2.75, 3.05) is 12.3 Å². The monoisotopic (exact) mass is 524 g/mol. The maximum absolute atomic E-state index is 12.5. The van der Waals surface area contributed by atoms with Gasteiger partial charge in [-0.1, -0.05) is 22.6 Å². The quantitative estimate of drug-likeness (QED) is 0.318. The number of carbonyl (C=O) groups is 3. The highest BCUT2D eigenvalue weighted by atomic mass is 127. The number of halogens is 1. The summed E-state index contributed by atoms with van der Waals surface area (Å²) in [5.74, 6) is -2.93. The summed E-state index contributed by atoms with van der Waals surface area (Å²) in [4.78, 5) is 51.4. The number of rotatable bonds is 6. The second kappa shape index (κ2) is 9.82. The highest BCUT2D eigenvalue weighted by Crippen LogP contribution is 2.34. The van der Waals surface area contributed by atoms with Crippen molar-refractivity contribution in [3.05, 3.63) is 26.3 Å². The normalized spacial score (nSPS) is 25.1. The second-order valence-electron chi connectivity index (χ2n) is 5.72. The molecule has 0 bridgehead atoms. The smallest absolute Gasteiger partial charge is 0.351 e. The molecule has 29 heavy (non-hydrogen) atoms. The topological polar surface area (TPSA) is 149 Å². The second-order valence-corrected chi connectivity index (χ2v) is 6.44. The molecule has 1 unspecified atom stereocenters. The molecule has 1 saturated heterocycles. The van der Waals surface area contributed by atoms with E-state index in [9.17, 15) is 19.2 Å². The highest BCUT2D eigenvalue weighted by Gasteiger charge is 2.51. The third-order valence-electron chi connectivity index (χ3n) is 3.76. The van der Waals surface area contributed by atoms with Crippen molar-refractivity contribution >= 4 is 52.4 Å². The molecule has 0 aliphatic carbocycles. The van der Waals surface area contributed by atoms with Crippen molar-refractivity contribution in [3.63, 3.8) is 0 Å². The van der Waals surface area contributed by atoms with Crippen LogP contribution in [0, 0.1) is 0 Å². The van der Waals surface area contributed by atoms with Gasteiger partial charge in [-0.3, -0.25) is 19.0 Å². The van der Waals surface area contributed by atoms with Crippen LogP contribution in [0.2, 0.25) is 0 Å². The molecule has 2 heterocycles. The van der Waals surface area contributed by atoms with E-state index in [1.54, 1.807) is 10.2 Å². The molecular weight excluding hydrogens is 501 g/mol. The molecule has 1 fully saturated rings. The van der Waals surface area contributed by atoms with Crippen molar-refractivity contribution in [1.29, 1.82) is 0 Å². The third-order valence-corrected chi connectivity index (χ3v) is 4.12. The number of ether oxygens (including phenoxy) is 4. The maximum atomic E-state index is 12.5. The fourth-order valence-corrected chi connectivity index (χ4v) is 3.08. The number of nitrogens with zero attached hydrogens (tertiary/aromatic N) is 2. The first kappa shape index (κ1) is 18.5. The Kier molecular flexibility index (Phi) is 6.28. The first-order valence-electron chi connectivity index (χ1n) is 10.1. The number of esters is 3. The largest absolute Gasteiger partial charge is 0.463 e. The van der Waals surface area contributed by atoms with Gasteiger partial charge in [0.05, 0.1) is 0 Å². The fourth-order valence-electron chi connectivity index (χ4n) is 2.69. The van der Waals surface area contributed by atoms with Gasteiger partial charge in [0.1, 0.15) is 18.5 Å². The van der Waals surface area contributed by atoms with E-state index in [0.717, 1.165) is 4.57 Å². The van der Waals surface area contributed by atoms with Gasteiger partial charge in [-0.15, -0.1) is 0 Å². The van der Waals surface area contributed by atoms with Crippen LogP contribution in [-0.2, 0) is 33.3 Å². The lowest BCUT2D eigenvalue weighted by molar-refractivity contribution is -0.166. The zero-order chi connectivity index (χ0) is 23.8. The van der Waals surface area contributed by atoms with Crippen molar-refractivity contribution < 1.29 is 37.4 Å². The molecule has 0 spiro atoms. The average molecular weight is 524 g/mol. The number of carbonyl (C=O) groups excluding carboxylic acids is 3. The van der Waals surface area contributed by atoms with Crippen molar-refractivity contribution in [1.82, 2.24) is 9.55 Å². The van der Waals surface area contributed by atoms with E-state index in [0.29, 0.717) is 5.56 Å². The molecule has 2 rings (SSSR count). The summed E-state index contributed by atoms with van der Waals surface area (Å²) in [6.45, 7) is -2.68.